The van der Waals surface area contributed by atoms with Gasteiger partial charge in [0.05, 0.1) is 5.41 Å². The standard InChI is InChI=1S/C27H31FN2O2/c28-22-10-8-20(9-11-22)23-19-29-24(31)18-26(23)14-16-30(17-15-26)25(32)27(12-4-5-13-27)21-6-2-1-3-7-21/h1-3,6-11,23H,4-5,12-19H2,(H,29,31)/t23-/m0/s1. The molecule has 0 aromatic heterocycles. The number of nitrogens with zero attached hydrogens (tertiary/aromatic N) is 1. The van der Waals surface area contributed by atoms with Crippen molar-refractivity contribution < 1.29 is 14.0 Å². The van der Waals surface area contributed by atoms with Gasteiger partial charge in [-0.15, -0.1) is 0 Å². The topological polar surface area (TPSA) is 49.4 Å². The monoisotopic (exact) mass is 434 g/mol. The minimum absolute atomic E-state index is 0.0830. The summed E-state index contributed by atoms with van der Waals surface area (Å²) >= 11 is 0. The molecule has 32 heavy (non-hydrogen) atoms. The molecule has 1 aliphatic carbocycles. The first-order valence-electron chi connectivity index (χ1n) is 11.9. The predicted octanol–water partition coefficient (Wildman–Crippen LogP) is 4.55. The Kier molecular flexibility index (Phi) is 5.52. The second-order valence-electron chi connectivity index (χ2n) is 9.89. The summed E-state index contributed by atoms with van der Waals surface area (Å²) in [6.45, 7) is 1.93. The Balaban J connectivity index is 1.37. The van der Waals surface area contributed by atoms with E-state index in [2.05, 4.69) is 22.3 Å². The maximum absolute atomic E-state index is 13.9. The van der Waals surface area contributed by atoms with Crippen LogP contribution in [0.2, 0.25) is 0 Å². The average molecular weight is 435 g/mol. The molecule has 0 bridgehead atoms. The minimum Gasteiger partial charge on any atom is -0.355 e. The van der Waals surface area contributed by atoms with Gasteiger partial charge in [0.2, 0.25) is 11.8 Å². The third kappa shape index (κ3) is 3.62. The van der Waals surface area contributed by atoms with E-state index in [1.54, 1.807) is 0 Å². The van der Waals surface area contributed by atoms with Gasteiger partial charge in [0.1, 0.15) is 5.82 Å². The number of rotatable bonds is 3. The third-order valence-electron chi connectivity index (χ3n) is 8.27. The van der Waals surface area contributed by atoms with Crippen LogP contribution in [0.15, 0.2) is 54.6 Å². The minimum atomic E-state index is -0.397. The summed E-state index contributed by atoms with van der Waals surface area (Å²) in [4.78, 5) is 28.3. The molecule has 1 N–H and O–H groups in total. The fourth-order valence-corrected chi connectivity index (χ4v) is 6.45. The number of carbonyl (C=O) groups is 2. The molecule has 0 unspecified atom stereocenters. The van der Waals surface area contributed by atoms with E-state index >= 15 is 0 Å². The highest BCUT2D eigenvalue weighted by molar-refractivity contribution is 5.89. The van der Waals surface area contributed by atoms with E-state index in [-0.39, 0.29) is 29.0 Å². The summed E-state index contributed by atoms with van der Waals surface area (Å²) in [5.41, 5.74) is 1.64. The third-order valence-corrected chi connectivity index (χ3v) is 8.27. The van der Waals surface area contributed by atoms with E-state index in [0.29, 0.717) is 26.1 Å². The zero-order chi connectivity index (χ0) is 22.2. The van der Waals surface area contributed by atoms with Gasteiger partial charge >= 0.3 is 0 Å². The Morgan fingerprint density at radius 1 is 0.938 bits per heavy atom. The normalized spacial score (nSPS) is 24.3. The smallest absolute Gasteiger partial charge is 0.233 e. The summed E-state index contributed by atoms with van der Waals surface area (Å²) in [5.74, 6) is 0.243. The molecule has 1 saturated carbocycles. The summed E-state index contributed by atoms with van der Waals surface area (Å²) in [7, 11) is 0. The van der Waals surface area contributed by atoms with E-state index in [1.807, 2.05) is 30.3 Å². The molecule has 2 saturated heterocycles. The van der Waals surface area contributed by atoms with Gasteiger partial charge in [0.25, 0.3) is 0 Å². The highest BCUT2D eigenvalue weighted by Gasteiger charge is 2.50. The van der Waals surface area contributed by atoms with Crippen LogP contribution in [0.5, 0.6) is 0 Å². The zero-order valence-corrected chi connectivity index (χ0v) is 18.5. The Morgan fingerprint density at radius 2 is 1.59 bits per heavy atom. The second kappa shape index (κ2) is 8.34. The first kappa shape index (κ1) is 21.2. The molecule has 0 radical (unpaired) electrons. The highest BCUT2D eigenvalue weighted by atomic mass is 19.1. The molecule has 2 aliphatic heterocycles. The SMILES string of the molecule is O=C1CC2(CCN(C(=O)C3(c4ccccc4)CCCC3)CC2)[C@H](c2ccc(F)cc2)CN1. The number of halogens is 1. The van der Waals surface area contributed by atoms with Crippen molar-refractivity contribution in [3.05, 3.63) is 71.5 Å². The largest absolute Gasteiger partial charge is 0.355 e. The van der Waals surface area contributed by atoms with Crippen LogP contribution in [-0.2, 0) is 15.0 Å². The lowest BCUT2D eigenvalue weighted by Gasteiger charge is -2.50. The van der Waals surface area contributed by atoms with Crippen LogP contribution < -0.4 is 5.32 Å². The van der Waals surface area contributed by atoms with Crippen molar-refractivity contribution in [2.24, 2.45) is 5.41 Å². The number of nitrogens with one attached hydrogen (secondary N) is 1. The summed E-state index contributed by atoms with van der Waals surface area (Å²) in [6, 6.07) is 17.0. The number of hydrogen-bond acceptors (Lipinski definition) is 2. The van der Waals surface area contributed by atoms with Crippen molar-refractivity contribution >= 4 is 11.8 Å². The maximum atomic E-state index is 13.9. The molecule has 1 spiro atoms. The van der Waals surface area contributed by atoms with Gasteiger partial charge < -0.3 is 10.2 Å². The first-order chi connectivity index (χ1) is 15.5. The Morgan fingerprint density at radius 3 is 2.25 bits per heavy atom. The number of carbonyl (C=O) groups excluding carboxylic acids is 2. The van der Waals surface area contributed by atoms with Gasteiger partial charge in [-0.05, 0) is 54.4 Å². The van der Waals surface area contributed by atoms with Crippen LogP contribution in [0.25, 0.3) is 0 Å². The highest BCUT2D eigenvalue weighted by Crippen LogP contribution is 2.50. The summed E-state index contributed by atoms with van der Waals surface area (Å²) < 4.78 is 13.5. The van der Waals surface area contributed by atoms with Crippen LogP contribution >= 0.6 is 0 Å². The average Bonchev–Trinajstić information content (AvgIpc) is 3.32. The molecule has 4 nitrogen and oxygen atoms in total. The van der Waals surface area contributed by atoms with Gasteiger partial charge in [-0.1, -0.05) is 55.3 Å². The van der Waals surface area contributed by atoms with Gasteiger partial charge in [0.15, 0.2) is 0 Å². The van der Waals surface area contributed by atoms with Crippen LogP contribution in [0, 0.1) is 11.2 Å². The molecule has 2 heterocycles. The molecule has 5 heteroatoms. The van der Waals surface area contributed by atoms with Crippen molar-refractivity contribution in [2.45, 2.75) is 56.3 Å². The van der Waals surface area contributed by atoms with Crippen LogP contribution in [-0.4, -0.2) is 36.3 Å². The number of hydrogen-bond donors (Lipinski definition) is 1. The molecule has 3 fully saturated rings. The maximum Gasteiger partial charge on any atom is 0.233 e. The molecule has 168 valence electrons. The van der Waals surface area contributed by atoms with E-state index < -0.39 is 5.41 Å². The van der Waals surface area contributed by atoms with E-state index in [0.717, 1.165) is 49.7 Å². The lowest BCUT2D eigenvalue weighted by atomic mass is 9.62. The Bertz CT molecular complexity index is 974. The molecule has 1 atom stereocenters. The van der Waals surface area contributed by atoms with E-state index in [9.17, 15) is 14.0 Å². The molecule has 2 aromatic carbocycles. The Hall–Kier alpha value is -2.69. The fraction of sp³-hybridized carbons (Fsp3) is 0.481. The summed E-state index contributed by atoms with van der Waals surface area (Å²) in [6.07, 6.45) is 6.09. The van der Waals surface area contributed by atoms with Crippen LogP contribution in [0.1, 0.15) is 62.0 Å². The predicted molar refractivity (Wildman–Crippen MR) is 122 cm³/mol. The molecular weight excluding hydrogens is 403 g/mol. The summed E-state index contributed by atoms with van der Waals surface area (Å²) in [5, 5.41) is 3.01. The lowest BCUT2D eigenvalue weighted by Crippen LogP contribution is -2.55. The van der Waals surface area contributed by atoms with E-state index in [1.165, 1.54) is 12.1 Å². The fourth-order valence-electron chi connectivity index (χ4n) is 6.45. The van der Waals surface area contributed by atoms with Gasteiger partial charge in [-0.25, -0.2) is 4.39 Å². The van der Waals surface area contributed by atoms with Crippen LogP contribution in [0.4, 0.5) is 4.39 Å². The molecular formula is C27H31FN2O2. The quantitative estimate of drug-likeness (QED) is 0.771. The number of benzene rings is 2. The van der Waals surface area contributed by atoms with Crippen LogP contribution in [0.3, 0.4) is 0 Å². The van der Waals surface area contributed by atoms with Crippen molar-refractivity contribution in [1.29, 1.82) is 0 Å². The number of piperidine rings is 2. The van der Waals surface area contributed by atoms with Gasteiger partial charge in [-0.3, -0.25) is 9.59 Å². The van der Waals surface area contributed by atoms with Crippen molar-refractivity contribution in [3.8, 4) is 0 Å². The van der Waals surface area contributed by atoms with Gasteiger partial charge in [-0.2, -0.15) is 0 Å². The molecule has 3 aliphatic rings. The van der Waals surface area contributed by atoms with Crippen molar-refractivity contribution in [1.82, 2.24) is 10.2 Å². The lowest BCUT2D eigenvalue weighted by molar-refractivity contribution is -0.141. The molecule has 2 amide bonds. The van der Waals surface area contributed by atoms with E-state index in [4.69, 9.17) is 0 Å². The zero-order valence-electron chi connectivity index (χ0n) is 18.5. The molecule has 5 rings (SSSR count). The van der Waals surface area contributed by atoms with Crippen molar-refractivity contribution in [2.75, 3.05) is 19.6 Å². The molecule has 2 aromatic rings. The van der Waals surface area contributed by atoms with Gasteiger partial charge in [0, 0.05) is 32.0 Å². The van der Waals surface area contributed by atoms with Crippen molar-refractivity contribution in [3.63, 3.8) is 0 Å². The Labute approximate surface area is 189 Å². The number of likely N-dealkylation sites (tertiary alicyclic amines) is 1. The number of amides is 2. The first-order valence-corrected chi connectivity index (χ1v) is 11.9. The second-order valence-corrected chi connectivity index (χ2v) is 9.89.